The van der Waals surface area contributed by atoms with E-state index in [1.807, 2.05) is 0 Å². The molecule has 0 spiro atoms. The Balaban J connectivity index is 2.25. The van der Waals surface area contributed by atoms with Gasteiger partial charge in [-0.15, -0.1) is 0 Å². The maximum atomic E-state index is 13.3. The van der Waals surface area contributed by atoms with Crippen LogP contribution in [0.4, 0.5) is 18.9 Å². The van der Waals surface area contributed by atoms with Crippen molar-refractivity contribution < 1.29 is 32.6 Å². The average Bonchev–Trinajstić information content (AvgIpc) is 2.87. The Labute approximate surface area is 135 Å². The summed E-state index contributed by atoms with van der Waals surface area (Å²) in [6, 6.07) is 6.25. The van der Waals surface area contributed by atoms with E-state index in [1.54, 1.807) is 6.92 Å². The summed E-state index contributed by atoms with van der Waals surface area (Å²) in [6.07, 6.45) is -6.36. The second-order valence-corrected chi connectivity index (χ2v) is 5.49. The second-order valence-electron chi connectivity index (χ2n) is 5.49. The monoisotopic (exact) mass is 343 g/mol. The molecule has 0 bridgehead atoms. The zero-order valence-corrected chi connectivity index (χ0v) is 12.9. The van der Waals surface area contributed by atoms with Gasteiger partial charge >= 0.3 is 6.18 Å². The number of carbonyl (C=O) groups is 1. The van der Waals surface area contributed by atoms with Crippen molar-refractivity contribution in [2.45, 2.75) is 32.0 Å². The van der Waals surface area contributed by atoms with Crippen molar-refractivity contribution >= 4 is 11.6 Å². The largest absolute Gasteiger partial charge is 0.508 e. The third-order valence-electron chi connectivity index (χ3n) is 3.52. The third kappa shape index (κ3) is 3.53. The molecule has 1 aromatic heterocycles. The van der Waals surface area contributed by atoms with Gasteiger partial charge in [-0.2, -0.15) is 13.2 Å². The predicted octanol–water partition coefficient (Wildman–Crippen LogP) is 3.38. The maximum absolute atomic E-state index is 13.3. The highest BCUT2D eigenvalue weighted by atomic mass is 19.4. The molecule has 0 aliphatic carbocycles. The minimum Gasteiger partial charge on any atom is -0.508 e. The Kier molecular flexibility index (Phi) is 4.61. The number of phenolic OH excluding ortho intramolecular Hbond substituents is 1. The van der Waals surface area contributed by atoms with Crippen LogP contribution in [0.3, 0.4) is 0 Å². The number of phenols is 1. The minimum absolute atomic E-state index is 0.0386. The smallest absolute Gasteiger partial charge is 0.425 e. The molecule has 0 radical (unpaired) electrons. The van der Waals surface area contributed by atoms with E-state index in [4.69, 9.17) is 4.42 Å². The van der Waals surface area contributed by atoms with E-state index in [1.165, 1.54) is 31.2 Å². The molecule has 3 N–H and O–H groups in total. The van der Waals surface area contributed by atoms with Crippen molar-refractivity contribution in [3.63, 3.8) is 0 Å². The molecule has 1 atom stereocenters. The summed E-state index contributed by atoms with van der Waals surface area (Å²) in [5, 5.41) is 21.7. The number of amides is 1. The lowest BCUT2D eigenvalue weighted by atomic mass is 9.95. The fraction of sp³-hybridized carbons (Fsp3) is 0.312. The summed E-state index contributed by atoms with van der Waals surface area (Å²) in [4.78, 5) is 12.0. The van der Waals surface area contributed by atoms with E-state index in [9.17, 15) is 28.2 Å². The van der Waals surface area contributed by atoms with E-state index in [-0.39, 0.29) is 17.2 Å². The van der Waals surface area contributed by atoms with Gasteiger partial charge in [-0.25, -0.2) is 0 Å². The first kappa shape index (κ1) is 17.9. The second kappa shape index (κ2) is 6.20. The fourth-order valence-electron chi connectivity index (χ4n) is 2.20. The maximum Gasteiger partial charge on any atom is 0.425 e. The van der Waals surface area contributed by atoms with Crippen LogP contribution in [0.2, 0.25) is 0 Å². The van der Waals surface area contributed by atoms with Gasteiger partial charge in [-0.1, -0.05) is 0 Å². The predicted molar refractivity (Wildman–Crippen MR) is 79.5 cm³/mol. The van der Waals surface area contributed by atoms with Crippen LogP contribution >= 0.6 is 0 Å². The van der Waals surface area contributed by atoms with E-state index >= 15 is 0 Å². The SMILES string of the molecule is Cc1ccc(C(O)(CC(=O)Nc2ccc(O)cc2C)C(F)(F)F)o1. The molecule has 5 nitrogen and oxygen atoms in total. The topological polar surface area (TPSA) is 82.7 Å². The number of benzene rings is 1. The minimum atomic E-state index is -5.10. The first-order valence-electron chi connectivity index (χ1n) is 6.98. The van der Waals surface area contributed by atoms with Gasteiger partial charge in [0, 0.05) is 5.69 Å². The highest BCUT2D eigenvalue weighted by Gasteiger charge is 2.58. The van der Waals surface area contributed by atoms with E-state index in [0.29, 0.717) is 5.56 Å². The van der Waals surface area contributed by atoms with Crippen LogP contribution in [0.15, 0.2) is 34.7 Å². The van der Waals surface area contributed by atoms with Gasteiger partial charge in [0.15, 0.2) is 0 Å². The van der Waals surface area contributed by atoms with Crippen molar-refractivity contribution in [2.24, 2.45) is 0 Å². The van der Waals surface area contributed by atoms with E-state index in [0.717, 1.165) is 6.07 Å². The summed E-state index contributed by atoms with van der Waals surface area (Å²) in [5.41, 5.74) is -2.73. The number of alkyl halides is 3. The van der Waals surface area contributed by atoms with E-state index < -0.39 is 29.9 Å². The van der Waals surface area contributed by atoms with Crippen LogP contribution in [0, 0.1) is 13.8 Å². The molecular formula is C16H16F3NO4. The average molecular weight is 343 g/mol. The van der Waals surface area contributed by atoms with Crippen LogP contribution in [-0.4, -0.2) is 22.3 Å². The quantitative estimate of drug-likeness (QED) is 0.743. The van der Waals surface area contributed by atoms with Crippen LogP contribution in [0.5, 0.6) is 5.75 Å². The first-order valence-corrected chi connectivity index (χ1v) is 6.98. The summed E-state index contributed by atoms with van der Waals surface area (Å²) >= 11 is 0. The van der Waals surface area contributed by atoms with Crippen molar-refractivity contribution in [1.82, 2.24) is 0 Å². The summed E-state index contributed by atoms with van der Waals surface area (Å²) < 4.78 is 44.8. The Hall–Kier alpha value is -2.48. The van der Waals surface area contributed by atoms with Crippen molar-refractivity contribution in [1.29, 1.82) is 0 Å². The Morgan fingerprint density at radius 1 is 1.21 bits per heavy atom. The Morgan fingerprint density at radius 3 is 2.38 bits per heavy atom. The zero-order valence-electron chi connectivity index (χ0n) is 12.9. The van der Waals surface area contributed by atoms with Crippen LogP contribution in [-0.2, 0) is 10.4 Å². The third-order valence-corrected chi connectivity index (χ3v) is 3.52. The van der Waals surface area contributed by atoms with Crippen LogP contribution < -0.4 is 5.32 Å². The molecule has 1 unspecified atom stereocenters. The van der Waals surface area contributed by atoms with Crippen LogP contribution in [0.25, 0.3) is 0 Å². The molecule has 1 aromatic carbocycles. The molecule has 0 saturated heterocycles. The molecule has 24 heavy (non-hydrogen) atoms. The first-order chi connectivity index (χ1) is 11.0. The molecule has 0 aliphatic heterocycles. The lowest BCUT2D eigenvalue weighted by molar-refractivity contribution is -0.272. The molecule has 8 heteroatoms. The highest BCUT2D eigenvalue weighted by molar-refractivity contribution is 5.92. The lowest BCUT2D eigenvalue weighted by Gasteiger charge is -2.28. The molecule has 1 heterocycles. The number of hydrogen-bond acceptors (Lipinski definition) is 4. The van der Waals surface area contributed by atoms with Crippen molar-refractivity contribution in [3.8, 4) is 5.75 Å². The Bertz CT molecular complexity index is 754. The lowest BCUT2D eigenvalue weighted by Crippen LogP contribution is -2.44. The number of nitrogens with one attached hydrogen (secondary N) is 1. The molecule has 1 amide bonds. The van der Waals surface area contributed by atoms with Gasteiger partial charge in [0.05, 0.1) is 6.42 Å². The number of rotatable bonds is 4. The van der Waals surface area contributed by atoms with Gasteiger partial charge in [0.2, 0.25) is 11.5 Å². The highest BCUT2D eigenvalue weighted by Crippen LogP contribution is 2.42. The van der Waals surface area contributed by atoms with Gasteiger partial charge < -0.3 is 19.9 Å². The molecule has 0 saturated carbocycles. The van der Waals surface area contributed by atoms with Crippen molar-refractivity contribution in [3.05, 3.63) is 47.4 Å². The number of carbonyl (C=O) groups excluding carboxylic acids is 1. The van der Waals surface area contributed by atoms with Crippen molar-refractivity contribution in [2.75, 3.05) is 5.32 Å². The molecule has 130 valence electrons. The summed E-state index contributed by atoms with van der Waals surface area (Å²) in [7, 11) is 0. The van der Waals surface area contributed by atoms with Gasteiger partial charge in [-0.05, 0) is 49.7 Å². The number of furan rings is 1. The van der Waals surface area contributed by atoms with Gasteiger partial charge in [0.25, 0.3) is 0 Å². The number of hydrogen-bond donors (Lipinski definition) is 3. The molecule has 0 fully saturated rings. The Morgan fingerprint density at radius 2 is 1.88 bits per heavy atom. The summed E-state index contributed by atoms with van der Waals surface area (Å²) in [6.45, 7) is 3.00. The zero-order chi connectivity index (χ0) is 18.1. The normalized spacial score (nSPS) is 14.2. The fourth-order valence-corrected chi connectivity index (χ4v) is 2.20. The number of aryl methyl sites for hydroxylation is 2. The molecular weight excluding hydrogens is 327 g/mol. The van der Waals surface area contributed by atoms with Gasteiger partial charge in [-0.3, -0.25) is 4.79 Å². The van der Waals surface area contributed by atoms with E-state index in [2.05, 4.69) is 5.32 Å². The number of aliphatic hydroxyl groups is 1. The van der Waals surface area contributed by atoms with Gasteiger partial charge in [0.1, 0.15) is 17.3 Å². The number of halogens is 3. The summed E-state index contributed by atoms with van der Waals surface area (Å²) in [5.74, 6) is -1.64. The molecule has 2 rings (SSSR count). The molecule has 0 aliphatic rings. The van der Waals surface area contributed by atoms with Crippen LogP contribution in [0.1, 0.15) is 23.5 Å². The standard InChI is InChI=1S/C16H16F3NO4/c1-9-7-11(21)4-5-12(9)20-14(22)8-15(23,16(17,18)19)13-6-3-10(2)24-13/h3-7,21,23H,8H2,1-2H3,(H,20,22). The number of anilines is 1. The number of aromatic hydroxyl groups is 1. The molecule has 2 aromatic rings.